The minimum atomic E-state index is -3.72. The molecule has 2 aromatic rings. The Balaban J connectivity index is 2.20. The van der Waals surface area contributed by atoms with Crippen molar-refractivity contribution in [1.82, 2.24) is 9.78 Å². The van der Waals surface area contributed by atoms with E-state index in [1.54, 1.807) is 30.8 Å². The second-order valence-corrected chi connectivity index (χ2v) is 6.64. The number of nitrogens with two attached hydrogens (primary N) is 1. The number of halogens is 1. The molecule has 0 spiro atoms. The predicted molar refractivity (Wildman–Crippen MR) is 79.8 cm³/mol. The molecule has 0 saturated carbocycles. The van der Waals surface area contributed by atoms with E-state index in [-0.39, 0.29) is 11.5 Å². The Morgan fingerprint density at radius 1 is 1.38 bits per heavy atom. The second kappa shape index (κ2) is 5.67. The van der Waals surface area contributed by atoms with Gasteiger partial charge in [0.25, 0.3) is 0 Å². The van der Waals surface area contributed by atoms with Gasteiger partial charge in [-0.1, -0.05) is 11.6 Å². The van der Waals surface area contributed by atoms with Crippen molar-refractivity contribution < 1.29 is 13.2 Å². The summed E-state index contributed by atoms with van der Waals surface area (Å²) in [5, 5.41) is 9.88. The van der Waals surface area contributed by atoms with Crippen molar-refractivity contribution in [2.24, 2.45) is 12.2 Å². The molecule has 0 aliphatic heterocycles. The maximum absolute atomic E-state index is 11.3. The largest absolute Gasteiger partial charge is 0.487 e. The molecule has 0 fully saturated rings. The van der Waals surface area contributed by atoms with E-state index in [1.165, 1.54) is 6.07 Å². The van der Waals surface area contributed by atoms with Crippen LogP contribution in [0.4, 0.5) is 0 Å². The molecule has 2 rings (SSSR count). The number of ether oxygens (including phenoxy) is 1. The van der Waals surface area contributed by atoms with Crippen LogP contribution >= 0.6 is 11.6 Å². The molecule has 1 aromatic heterocycles. The number of nitrogens with zero attached hydrogens (tertiary/aromatic N) is 2. The molecule has 0 aliphatic rings. The number of sulfonamides is 1. The topological polar surface area (TPSA) is 87.2 Å². The lowest BCUT2D eigenvalue weighted by Crippen LogP contribution is -2.13. The SMILES string of the molecule is Cc1cc(OCc2c(Cl)c(C)nn2C)ccc1S(N)(=O)=O. The lowest BCUT2D eigenvalue weighted by molar-refractivity contribution is 0.294. The van der Waals surface area contributed by atoms with Crippen LogP contribution in [-0.4, -0.2) is 18.2 Å². The highest BCUT2D eigenvalue weighted by Gasteiger charge is 2.14. The lowest BCUT2D eigenvalue weighted by atomic mass is 10.2. The summed E-state index contributed by atoms with van der Waals surface area (Å²) in [6.45, 7) is 3.72. The van der Waals surface area contributed by atoms with Gasteiger partial charge in [0.05, 0.1) is 21.3 Å². The van der Waals surface area contributed by atoms with Crippen LogP contribution in [0.3, 0.4) is 0 Å². The maximum Gasteiger partial charge on any atom is 0.238 e. The van der Waals surface area contributed by atoms with E-state index in [2.05, 4.69) is 5.10 Å². The van der Waals surface area contributed by atoms with Crippen LogP contribution in [0, 0.1) is 13.8 Å². The first-order valence-electron chi connectivity index (χ1n) is 6.14. The molecule has 21 heavy (non-hydrogen) atoms. The van der Waals surface area contributed by atoms with Crippen LogP contribution in [0.2, 0.25) is 5.02 Å². The van der Waals surface area contributed by atoms with Gasteiger partial charge in [-0.05, 0) is 37.6 Å². The van der Waals surface area contributed by atoms with Gasteiger partial charge >= 0.3 is 0 Å². The van der Waals surface area contributed by atoms with E-state index in [0.29, 0.717) is 16.3 Å². The van der Waals surface area contributed by atoms with Crippen molar-refractivity contribution in [3.8, 4) is 5.75 Å². The van der Waals surface area contributed by atoms with Crippen molar-refractivity contribution in [2.45, 2.75) is 25.3 Å². The zero-order valence-corrected chi connectivity index (χ0v) is 13.5. The van der Waals surface area contributed by atoms with Crippen LogP contribution in [0.15, 0.2) is 23.1 Å². The van der Waals surface area contributed by atoms with Crippen molar-refractivity contribution in [1.29, 1.82) is 0 Å². The minimum Gasteiger partial charge on any atom is -0.487 e. The molecule has 114 valence electrons. The fourth-order valence-electron chi connectivity index (χ4n) is 2.02. The molecule has 0 saturated heterocycles. The Hall–Kier alpha value is -1.57. The molecule has 1 heterocycles. The van der Waals surface area contributed by atoms with Crippen LogP contribution in [0.25, 0.3) is 0 Å². The quantitative estimate of drug-likeness (QED) is 0.928. The van der Waals surface area contributed by atoms with E-state index < -0.39 is 10.0 Å². The van der Waals surface area contributed by atoms with Gasteiger partial charge in [-0.25, -0.2) is 13.6 Å². The monoisotopic (exact) mass is 329 g/mol. The van der Waals surface area contributed by atoms with E-state index in [4.69, 9.17) is 21.5 Å². The molecule has 0 atom stereocenters. The van der Waals surface area contributed by atoms with Crippen LogP contribution in [-0.2, 0) is 23.7 Å². The number of hydrogen-bond donors (Lipinski definition) is 1. The van der Waals surface area contributed by atoms with Gasteiger partial charge in [0.2, 0.25) is 10.0 Å². The highest BCUT2D eigenvalue weighted by atomic mass is 35.5. The van der Waals surface area contributed by atoms with Crippen molar-refractivity contribution in [3.63, 3.8) is 0 Å². The van der Waals surface area contributed by atoms with Gasteiger partial charge in [-0.3, -0.25) is 4.68 Å². The first-order chi connectivity index (χ1) is 9.70. The van der Waals surface area contributed by atoms with Crippen molar-refractivity contribution in [3.05, 3.63) is 40.2 Å². The highest BCUT2D eigenvalue weighted by Crippen LogP contribution is 2.24. The number of primary sulfonamides is 1. The van der Waals surface area contributed by atoms with E-state index in [1.807, 2.05) is 6.92 Å². The Kier molecular flexibility index (Phi) is 4.27. The fourth-order valence-corrected chi connectivity index (χ4v) is 3.00. The third-order valence-electron chi connectivity index (χ3n) is 3.09. The maximum atomic E-state index is 11.3. The van der Waals surface area contributed by atoms with Gasteiger partial charge in [-0.2, -0.15) is 5.10 Å². The summed E-state index contributed by atoms with van der Waals surface area (Å²) in [6.07, 6.45) is 0. The molecule has 0 bridgehead atoms. The second-order valence-electron chi connectivity index (χ2n) is 4.73. The molecule has 0 aliphatic carbocycles. The molecular weight excluding hydrogens is 314 g/mol. The molecule has 0 radical (unpaired) electrons. The molecule has 0 unspecified atom stereocenters. The lowest BCUT2D eigenvalue weighted by Gasteiger charge is -2.09. The van der Waals surface area contributed by atoms with Gasteiger partial charge in [0, 0.05) is 7.05 Å². The first-order valence-corrected chi connectivity index (χ1v) is 8.07. The Labute approximate surface area is 128 Å². The average molecular weight is 330 g/mol. The smallest absolute Gasteiger partial charge is 0.238 e. The van der Waals surface area contributed by atoms with Gasteiger partial charge in [0.15, 0.2) is 0 Å². The third kappa shape index (κ3) is 3.37. The molecule has 2 N–H and O–H groups in total. The summed E-state index contributed by atoms with van der Waals surface area (Å²) in [5.74, 6) is 0.537. The molecule has 6 nitrogen and oxygen atoms in total. The van der Waals surface area contributed by atoms with E-state index in [9.17, 15) is 8.42 Å². The molecule has 0 amide bonds. The van der Waals surface area contributed by atoms with Gasteiger partial charge < -0.3 is 4.74 Å². The Morgan fingerprint density at radius 3 is 2.52 bits per heavy atom. The summed E-state index contributed by atoms with van der Waals surface area (Å²) < 4.78 is 30.0. The number of hydrogen-bond acceptors (Lipinski definition) is 4. The van der Waals surface area contributed by atoms with Gasteiger partial charge in [0.1, 0.15) is 12.4 Å². The van der Waals surface area contributed by atoms with Crippen molar-refractivity contribution in [2.75, 3.05) is 0 Å². The summed E-state index contributed by atoms with van der Waals surface area (Å²) in [7, 11) is -1.93. The summed E-state index contributed by atoms with van der Waals surface area (Å²) in [4.78, 5) is 0.0873. The van der Waals surface area contributed by atoms with Gasteiger partial charge in [-0.15, -0.1) is 0 Å². The Bertz CT molecular complexity index is 784. The van der Waals surface area contributed by atoms with Crippen LogP contribution in [0.5, 0.6) is 5.75 Å². The molecular formula is C13H16ClN3O3S. The predicted octanol–water partition coefficient (Wildman–Crippen LogP) is 1.92. The first kappa shape index (κ1) is 15.8. The average Bonchev–Trinajstić information content (AvgIpc) is 2.60. The van der Waals surface area contributed by atoms with Crippen LogP contribution in [0.1, 0.15) is 17.0 Å². The number of benzene rings is 1. The number of rotatable bonds is 4. The standard InChI is InChI=1S/C13H16ClN3O3S/c1-8-6-10(4-5-12(8)21(15,18)19)20-7-11-13(14)9(2)16-17(11)3/h4-6H,7H2,1-3H3,(H2,15,18,19). The molecule has 8 heteroatoms. The summed E-state index contributed by atoms with van der Waals surface area (Å²) in [5.41, 5.74) is 2.02. The molecule has 1 aromatic carbocycles. The van der Waals surface area contributed by atoms with Crippen molar-refractivity contribution >= 4 is 21.6 Å². The highest BCUT2D eigenvalue weighted by molar-refractivity contribution is 7.89. The van der Waals surface area contributed by atoms with E-state index >= 15 is 0 Å². The minimum absolute atomic E-state index is 0.0873. The van der Waals surface area contributed by atoms with Crippen LogP contribution < -0.4 is 9.88 Å². The van der Waals surface area contributed by atoms with E-state index in [0.717, 1.165) is 11.4 Å². The summed E-state index contributed by atoms with van der Waals surface area (Å²) >= 11 is 6.14. The Morgan fingerprint density at radius 2 is 2.05 bits per heavy atom. The zero-order chi connectivity index (χ0) is 15.8. The summed E-state index contributed by atoms with van der Waals surface area (Å²) in [6, 6.07) is 4.61. The normalized spacial score (nSPS) is 11.7. The third-order valence-corrected chi connectivity index (χ3v) is 4.65. The number of aromatic nitrogens is 2. The fraction of sp³-hybridized carbons (Fsp3) is 0.308. The zero-order valence-electron chi connectivity index (χ0n) is 11.9. The number of aryl methyl sites for hydroxylation is 3.